The summed E-state index contributed by atoms with van der Waals surface area (Å²) in [5.74, 6) is 2.51. The molecular weight excluding hydrogens is 284 g/mol. The van der Waals surface area contributed by atoms with Gasteiger partial charge in [0.2, 0.25) is 0 Å². The van der Waals surface area contributed by atoms with Crippen molar-refractivity contribution in [1.29, 1.82) is 0 Å². The summed E-state index contributed by atoms with van der Waals surface area (Å²) in [7, 11) is 3.71. The largest absolute Gasteiger partial charge is 0.486 e. The zero-order chi connectivity index (χ0) is 15.5. The number of hydrazine groups is 1. The summed E-state index contributed by atoms with van der Waals surface area (Å²) >= 11 is 0. The van der Waals surface area contributed by atoms with Gasteiger partial charge in [0.15, 0.2) is 23.1 Å². The molecule has 8 nitrogen and oxygen atoms in total. The van der Waals surface area contributed by atoms with Crippen molar-refractivity contribution in [2.75, 3.05) is 43.8 Å². The summed E-state index contributed by atoms with van der Waals surface area (Å²) in [6.07, 6.45) is 1.45. The number of anilines is 4. The van der Waals surface area contributed by atoms with Crippen LogP contribution in [0.3, 0.4) is 0 Å². The van der Waals surface area contributed by atoms with E-state index in [9.17, 15) is 0 Å². The molecule has 0 radical (unpaired) electrons. The predicted octanol–water partition coefficient (Wildman–Crippen LogP) is 1.46. The molecule has 3 rings (SSSR count). The highest BCUT2D eigenvalue weighted by atomic mass is 16.6. The van der Waals surface area contributed by atoms with E-state index in [0.717, 1.165) is 11.4 Å². The van der Waals surface area contributed by atoms with Crippen LogP contribution < -0.4 is 25.9 Å². The van der Waals surface area contributed by atoms with Gasteiger partial charge >= 0.3 is 0 Å². The fraction of sp³-hybridized carbons (Fsp3) is 0.286. The standard InChI is InChI=1S/C14H18N6O2/c1-20(2)19-14-12(15)13(16-8-17-14)18-9-3-4-10-11(7-9)22-6-5-21-10/h3-4,7-8H,5-6,15H2,1-2H3,(H2,16,17,18,19). The number of hydrogen-bond acceptors (Lipinski definition) is 8. The van der Waals surface area contributed by atoms with Gasteiger partial charge in [-0.25, -0.2) is 15.0 Å². The van der Waals surface area contributed by atoms with Crippen molar-refractivity contribution in [2.24, 2.45) is 0 Å². The molecule has 2 heterocycles. The van der Waals surface area contributed by atoms with Crippen LogP contribution in [0.2, 0.25) is 0 Å². The Hall–Kier alpha value is -2.74. The second-order valence-corrected chi connectivity index (χ2v) is 4.97. The maximum atomic E-state index is 6.08. The SMILES string of the molecule is CN(C)Nc1ncnc(Nc2ccc3c(c2)OCCO3)c1N. The van der Waals surface area contributed by atoms with Crippen LogP contribution in [0.25, 0.3) is 0 Å². The summed E-state index contributed by atoms with van der Waals surface area (Å²) in [6, 6.07) is 5.59. The molecule has 1 aromatic heterocycles. The van der Waals surface area contributed by atoms with Crippen molar-refractivity contribution >= 4 is 23.0 Å². The lowest BCUT2D eigenvalue weighted by molar-refractivity contribution is 0.171. The summed E-state index contributed by atoms with van der Waals surface area (Å²) in [4.78, 5) is 8.29. The molecular formula is C14H18N6O2. The van der Waals surface area contributed by atoms with Gasteiger partial charge in [-0.2, -0.15) is 0 Å². The first-order valence-corrected chi connectivity index (χ1v) is 6.84. The van der Waals surface area contributed by atoms with E-state index in [2.05, 4.69) is 20.7 Å². The average Bonchev–Trinajstić information content (AvgIpc) is 2.51. The molecule has 0 fully saturated rings. The van der Waals surface area contributed by atoms with Gasteiger partial charge in [-0.3, -0.25) is 0 Å². The Morgan fingerprint density at radius 1 is 1.09 bits per heavy atom. The first kappa shape index (κ1) is 14.2. The number of nitrogens with two attached hydrogens (primary N) is 1. The Bertz CT molecular complexity index is 676. The molecule has 8 heteroatoms. The van der Waals surface area contributed by atoms with E-state index >= 15 is 0 Å². The molecule has 0 amide bonds. The minimum atomic E-state index is 0.436. The van der Waals surface area contributed by atoms with Crippen molar-refractivity contribution in [3.63, 3.8) is 0 Å². The Balaban J connectivity index is 1.84. The number of nitrogens with zero attached hydrogens (tertiary/aromatic N) is 3. The van der Waals surface area contributed by atoms with E-state index in [1.807, 2.05) is 32.3 Å². The van der Waals surface area contributed by atoms with Crippen LogP contribution in [-0.2, 0) is 0 Å². The summed E-state index contributed by atoms with van der Waals surface area (Å²) in [5, 5.41) is 4.92. The molecule has 0 saturated heterocycles. The van der Waals surface area contributed by atoms with Crippen molar-refractivity contribution in [3.05, 3.63) is 24.5 Å². The zero-order valence-electron chi connectivity index (χ0n) is 12.5. The second kappa shape index (κ2) is 5.94. The molecule has 22 heavy (non-hydrogen) atoms. The third kappa shape index (κ3) is 2.96. The molecule has 0 atom stereocenters. The molecule has 0 bridgehead atoms. The van der Waals surface area contributed by atoms with Crippen molar-refractivity contribution in [1.82, 2.24) is 15.0 Å². The van der Waals surface area contributed by atoms with Crippen LogP contribution in [0, 0.1) is 0 Å². The zero-order valence-corrected chi connectivity index (χ0v) is 12.5. The third-order valence-electron chi connectivity index (χ3n) is 3.02. The van der Waals surface area contributed by atoms with Crippen LogP contribution in [0.1, 0.15) is 0 Å². The van der Waals surface area contributed by atoms with E-state index in [1.165, 1.54) is 6.33 Å². The highest BCUT2D eigenvalue weighted by molar-refractivity contribution is 5.77. The van der Waals surface area contributed by atoms with Crippen LogP contribution in [-0.4, -0.2) is 42.3 Å². The predicted molar refractivity (Wildman–Crippen MR) is 84.5 cm³/mol. The molecule has 4 N–H and O–H groups in total. The smallest absolute Gasteiger partial charge is 0.169 e. The number of nitrogens with one attached hydrogen (secondary N) is 2. The van der Waals surface area contributed by atoms with E-state index < -0.39 is 0 Å². The molecule has 0 unspecified atom stereocenters. The number of benzene rings is 1. The molecule has 1 aliphatic heterocycles. The Morgan fingerprint density at radius 3 is 2.59 bits per heavy atom. The monoisotopic (exact) mass is 302 g/mol. The molecule has 1 aliphatic rings. The van der Waals surface area contributed by atoms with Gasteiger partial charge in [-0.1, -0.05) is 0 Å². The fourth-order valence-electron chi connectivity index (χ4n) is 2.05. The molecule has 116 valence electrons. The fourth-order valence-corrected chi connectivity index (χ4v) is 2.05. The quantitative estimate of drug-likeness (QED) is 0.730. The van der Waals surface area contributed by atoms with Crippen molar-refractivity contribution in [2.45, 2.75) is 0 Å². The number of hydrogen-bond donors (Lipinski definition) is 3. The van der Waals surface area contributed by atoms with Crippen LogP contribution in [0.4, 0.5) is 23.0 Å². The molecule has 0 aliphatic carbocycles. The summed E-state index contributed by atoms with van der Waals surface area (Å²) in [5.41, 5.74) is 10.4. The van der Waals surface area contributed by atoms with E-state index in [-0.39, 0.29) is 0 Å². The van der Waals surface area contributed by atoms with Gasteiger partial charge < -0.3 is 25.9 Å². The molecule has 0 saturated carbocycles. The number of aromatic nitrogens is 2. The van der Waals surface area contributed by atoms with E-state index in [4.69, 9.17) is 15.2 Å². The first-order chi connectivity index (χ1) is 10.6. The first-order valence-electron chi connectivity index (χ1n) is 6.84. The highest BCUT2D eigenvalue weighted by Crippen LogP contribution is 2.34. The third-order valence-corrected chi connectivity index (χ3v) is 3.02. The lowest BCUT2D eigenvalue weighted by Gasteiger charge is -2.19. The Morgan fingerprint density at radius 2 is 1.82 bits per heavy atom. The topological polar surface area (TPSA) is 97.6 Å². The van der Waals surface area contributed by atoms with Crippen LogP contribution >= 0.6 is 0 Å². The van der Waals surface area contributed by atoms with Crippen LogP contribution in [0.15, 0.2) is 24.5 Å². The van der Waals surface area contributed by atoms with Gasteiger partial charge in [0.1, 0.15) is 25.2 Å². The minimum Gasteiger partial charge on any atom is -0.486 e. The number of ether oxygens (including phenoxy) is 2. The van der Waals surface area contributed by atoms with Gasteiger partial charge in [0.05, 0.1) is 0 Å². The summed E-state index contributed by atoms with van der Waals surface area (Å²) in [6.45, 7) is 1.11. The van der Waals surface area contributed by atoms with E-state index in [0.29, 0.717) is 36.3 Å². The van der Waals surface area contributed by atoms with Crippen LogP contribution in [0.5, 0.6) is 11.5 Å². The van der Waals surface area contributed by atoms with Crippen molar-refractivity contribution in [3.8, 4) is 11.5 Å². The van der Waals surface area contributed by atoms with Gasteiger partial charge in [0, 0.05) is 25.8 Å². The molecule has 0 spiro atoms. The highest BCUT2D eigenvalue weighted by Gasteiger charge is 2.13. The molecule has 1 aromatic carbocycles. The number of nitrogen functional groups attached to an aromatic ring is 1. The van der Waals surface area contributed by atoms with Gasteiger partial charge in [-0.15, -0.1) is 0 Å². The minimum absolute atomic E-state index is 0.436. The number of rotatable bonds is 4. The average molecular weight is 302 g/mol. The maximum Gasteiger partial charge on any atom is 0.169 e. The number of fused-ring (bicyclic) bond motifs is 1. The van der Waals surface area contributed by atoms with Gasteiger partial charge in [-0.05, 0) is 12.1 Å². The Kier molecular flexibility index (Phi) is 3.84. The lowest BCUT2D eigenvalue weighted by atomic mass is 10.2. The summed E-state index contributed by atoms with van der Waals surface area (Å²) < 4.78 is 11.1. The lowest BCUT2D eigenvalue weighted by Crippen LogP contribution is -2.21. The van der Waals surface area contributed by atoms with Gasteiger partial charge in [0.25, 0.3) is 0 Å². The second-order valence-electron chi connectivity index (χ2n) is 4.97. The normalized spacial score (nSPS) is 13.0. The van der Waals surface area contributed by atoms with E-state index in [1.54, 1.807) is 5.01 Å². The Labute approximate surface area is 128 Å². The molecule has 2 aromatic rings. The van der Waals surface area contributed by atoms with Crippen molar-refractivity contribution < 1.29 is 9.47 Å². The maximum absolute atomic E-state index is 6.08.